The fourth-order valence-electron chi connectivity index (χ4n) is 2.16. The average molecular weight is 325 g/mol. The third-order valence-electron chi connectivity index (χ3n) is 3.57. The van der Waals surface area contributed by atoms with Gasteiger partial charge >= 0.3 is 0 Å². The number of carbonyl (C=O) groups excluding carboxylic acids is 1. The van der Waals surface area contributed by atoms with E-state index in [1.807, 2.05) is 55.5 Å². The van der Waals surface area contributed by atoms with E-state index in [-0.39, 0.29) is 5.91 Å². The number of likely N-dealkylation sites (N-methyl/N-ethyl adjacent to an activating group) is 1. The summed E-state index contributed by atoms with van der Waals surface area (Å²) in [6.07, 6.45) is 3.34. The number of carbonyl (C=O) groups is 1. The third kappa shape index (κ3) is 5.47. The first-order valence-corrected chi connectivity index (χ1v) is 7.85. The van der Waals surface area contributed by atoms with Crippen molar-refractivity contribution in [1.29, 1.82) is 0 Å². The molecule has 0 aromatic heterocycles. The van der Waals surface area contributed by atoms with E-state index >= 15 is 0 Å². The number of benzene rings is 2. The molecule has 2 aromatic carbocycles. The second-order valence-corrected chi connectivity index (χ2v) is 5.53. The Labute approximate surface area is 143 Å². The van der Waals surface area contributed by atoms with Gasteiger partial charge in [0.15, 0.2) is 0 Å². The van der Waals surface area contributed by atoms with Crippen LogP contribution in [0, 0.1) is 6.92 Å². The monoisotopic (exact) mass is 325 g/mol. The maximum Gasteiger partial charge on any atom is 0.246 e. The molecule has 0 saturated carbocycles. The SMILES string of the molecule is COc1cccc(/C=C/C(=O)N(C)CCOc2cccc(C)c2)c1. The van der Waals surface area contributed by atoms with Gasteiger partial charge in [0, 0.05) is 13.1 Å². The van der Waals surface area contributed by atoms with E-state index in [0.717, 1.165) is 22.6 Å². The zero-order valence-corrected chi connectivity index (χ0v) is 14.4. The molecular weight excluding hydrogens is 302 g/mol. The van der Waals surface area contributed by atoms with E-state index in [0.29, 0.717) is 13.2 Å². The van der Waals surface area contributed by atoms with Gasteiger partial charge in [0.25, 0.3) is 0 Å². The molecule has 0 saturated heterocycles. The van der Waals surface area contributed by atoms with Crippen LogP contribution in [0.3, 0.4) is 0 Å². The summed E-state index contributed by atoms with van der Waals surface area (Å²) in [5.41, 5.74) is 2.07. The van der Waals surface area contributed by atoms with Crippen molar-refractivity contribution < 1.29 is 14.3 Å². The normalized spacial score (nSPS) is 10.6. The summed E-state index contributed by atoms with van der Waals surface area (Å²) >= 11 is 0. The number of aryl methyl sites for hydroxylation is 1. The molecular formula is C20H23NO3. The highest BCUT2D eigenvalue weighted by Crippen LogP contribution is 2.14. The number of hydrogen-bond acceptors (Lipinski definition) is 3. The number of ether oxygens (including phenoxy) is 2. The summed E-state index contributed by atoms with van der Waals surface area (Å²) < 4.78 is 10.8. The predicted octanol–water partition coefficient (Wildman–Crippen LogP) is 3.55. The topological polar surface area (TPSA) is 38.8 Å². The summed E-state index contributed by atoms with van der Waals surface area (Å²) in [5.74, 6) is 1.53. The Morgan fingerprint density at radius 3 is 2.62 bits per heavy atom. The summed E-state index contributed by atoms with van der Waals surface area (Å²) in [4.78, 5) is 13.8. The smallest absolute Gasteiger partial charge is 0.246 e. The first-order valence-electron chi connectivity index (χ1n) is 7.85. The molecule has 0 spiro atoms. The highest BCUT2D eigenvalue weighted by molar-refractivity contribution is 5.91. The number of nitrogens with zero attached hydrogens (tertiary/aromatic N) is 1. The van der Waals surface area contributed by atoms with Gasteiger partial charge in [-0.1, -0.05) is 24.3 Å². The third-order valence-corrected chi connectivity index (χ3v) is 3.57. The molecule has 0 aliphatic carbocycles. The summed E-state index contributed by atoms with van der Waals surface area (Å²) in [6.45, 7) is 3.00. The zero-order valence-electron chi connectivity index (χ0n) is 14.4. The van der Waals surface area contributed by atoms with E-state index in [2.05, 4.69) is 0 Å². The summed E-state index contributed by atoms with van der Waals surface area (Å²) in [6, 6.07) is 15.4. The molecule has 0 N–H and O–H groups in total. The Morgan fingerprint density at radius 2 is 1.88 bits per heavy atom. The summed E-state index contributed by atoms with van der Waals surface area (Å²) in [5, 5.41) is 0. The Hall–Kier alpha value is -2.75. The maximum atomic E-state index is 12.1. The molecule has 0 atom stereocenters. The van der Waals surface area contributed by atoms with Gasteiger partial charge < -0.3 is 14.4 Å². The lowest BCUT2D eigenvalue weighted by molar-refractivity contribution is -0.125. The van der Waals surface area contributed by atoms with Gasteiger partial charge in [-0.2, -0.15) is 0 Å². The van der Waals surface area contributed by atoms with E-state index in [1.165, 1.54) is 0 Å². The van der Waals surface area contributed by atoms with Gasteiger partial charge in [-0.3, -0.25) is 4.79 Å². The van der Waals surface area contributed by atoms with Crippen molar-refractivity contribution in [2.45, 2.75) is 6.92 Å². The molecule has 4 heteroatoms. The molecule has 2 rings (SSSR count). The van der Waals surface area contributed by atoms with Crippen LogP contribution >= 0.6 is 0 Å². The Kier molecular flexibility index (Phi) is 6.43. The van der Waals surface area contributed by atoms with Crippen molar-refractivity contribution >= 4 is 12.0 Å². The molecule has 4 nitrogen and oxygen atoms in total. The highest BCUT2D eigenvalue weighted by atomic mass is 16.5. The highest BCUT2D eigenvalue weighted by Gasteiger charge is 2.05. The van der Waals surface area contributed by atoms with Crippen LogP contribution in [0.25, 0.3) is 6.08 Å². The van der Waals surface area contributed by atoms with Crippen molar-refractivity contribution in [3.63, 3.8) is 0 Å². The largest absolute Gasteiger partial charge is 0.497 e. The van der Waals surface area contributed by atoms with Crippen LogP contribution in [-0.2, 0) is 4.79 Å². The van der Waals surface area contributed by atoms with E-state index in [4.69, 9.17) is 9.47 Å². The molecule has 1 amide bonds. The van der Waals surface area contributed by atoms with E-state index in [9.17, 15) is 4.79 Å². The number of amides is 1. The molecule has 126 valence electrons. The molecule has 0 aliphatic rings. The zero-order chi connectivity index (χ0) is 17.4. The molecule has 0 bridgehead atoms. The van der Waals surface area contributed by atoms with Crippen molar-refractivity contribution in [2.24, 2.45) is 0 Å². The molecule has 0 heterocycles. The van der Waals surface area contributed by atoms with Gasteiger partial charge in [-0.15, -0.1) is 0 Å². The number of methoxy groups -OCH3 is 1. The quantitative estimate of drug-likeness (QED) is 0.731. The molecule has 24 heavy (non-hydrogen) atoms. The molecule has 0 unspecified atom stereocenters. The summed E-state index contributed by atoms with van der Waals surface area (Å²) in [7, 11) is 3.38. The fourth-order valence-corrected chi connectivity index (χ4v) is 2.16. The van der Waals surface area contributed by atoms with Crippen LogP contribution in [0.4, 0.5) is 0 Å². The van der Waals surface area contributed by atoms with Gasteiger partial charge in [0.2, 0.25) is 5.91 Å². The minimum absolute atomic E-state index is 0.0642. The Balaban J connectivity index is 1.82. The van der Waals surface area contributed by atoms with Crippen molar-refractivity contribution in [3.8, 4) is 11.5 Å². The van der Waals surface area contributed by atoms with Crippen LogP contribution in [-0.4, -0.2) is 38.1 Å². The number of rotatable bonds is 7. The van der Waals surface area contributed by atoms with Crippen LogP contribution in [0.15, 0.2) is 54.6 Å². The van der Waals surface area contributed by atoms with Gasteiger partial charge in [-0.05, 0) is 48.4 Å². The lowest BCUT2D eigenvalue weighted by atomic mass is 10.2. The Bertz CT molecular complexity index is 710. The predicted molar refractivity (Wildman–Crippen MR) is 96.3 cm³/mol. The molecule has 2 aromatic rings. The minimum atomic E-state index is -0.0642. The van der Waals surface area contributed by atoms with E-state index < -0.39 is 0 Å². The van der Waals surface area contributed by atoms with Crippen molar-refractivity contribution in [3.05, 3.63) is 65.7 Å². The van der Waals surface area contributed by atoms with E-state index in [1.54, 1.807) is 31.2 Å². The first kappa shape index (κ1) is 17.6. The second kappa shape index (κ2) is 8.77. The van der Waals surface area contributed by atoms with Crippen LogP contribution in [0.2, 0.25) is 0 Å². The lowest BCUT2D eigenvalue weighted by Crippen LogP contribution is -2.29. The second-order valence-electron chi connectivity index (χ2n) is 5.53. The molecule has 0 fully saturated rings. The van der Waals surface area contributed by atoms with Gasteiger partial charge in [0.1, 0.15) is 18.1 Å². The van der Waals surface area contributed by atoms with Gasteiger partial charge in [0.05, 0.1) is 13.7 Å². The lowest BCUT2D eigenvalue weighted by Gasteiger charge is -2.15. The number of hydrogen-bond donors (Lipinski definition) is 0. The maximum absolute atomic E-state index is 12.1. The Morgan fingerprint density at radius 1 is 1.12 bits per heavy atom. The van der Waals surface area contributed by atoms with Crippen molar-refractivity contribution in [2.75, 3.05) is 27.3 Å². The van der Waals surface area contributed by atoms with Crippen LogP contribution in [0.1, 0.15) is 11.1 Å². The van der Waals surface area contributed by atoms with Crippen LogP contribution < -0.4 is 9.47 Å². The molecule has 0 aliphatic heterocycles. The van der Waals surface area contributed by atoms with Gasteiger partial charge in [-0.25, -0.2) is 0 Å². The fraction of sp³-hybridized carbons (Fsp3) is 0.250. The molecule has 0 radical (unpaired) electrons. The van der Waals surface area contributed by atoms with Crippen LogP contribution in [0.5, 0.6) is 11.5 Å². The average Bonchev–Trinajstić information content (AvgIpc) is 2.59. The standard InChI is InChI=1S/C20H23NO3/c1-16-6-4-9-19(14-16)24-13-12-21(2)20(22)11-10-17-7-5-8-18(15-17)23-3/h4-11,14-15H,12-13H2,1-3H3/b11-10+. The minimum Gasteiger partial charge on any atom is -0.497 e. The first-order chi connectivity index (χ1) is 11.6. The van der Waals surface area contributed by atoms with Crippen molar-refractivity contribution in [1.82, 2.24) is 4.90 Å².